The lowest BCUT2D eigenvalue weighted by atomic mass is 10.0. The molecule has 2 aliphatic rings. The van der Waals surface area contributed by atoms with Crippen LogP contribution in [-0.2, 0) is 25.8 Å². The molecule has 2 aliphatic heterocycles. The lowest BCUT2D eigenvalue weighted by Gasteiger charge is -2.50. The second kappa shape index (κ2) is 10.1. The average molecular weight is 554 g/mol. The van der Waals surface area contributed by atoms with Gasteiger partial charge in [-0.15, -0.1) is 11.8 Å². The average Bonchev–Trinajstić information content (AvgIpc) is 3.50. The Morgan fingerprint density at radius 2 is 2.26 bits per heavy atom. The number of carboxylic acid groups (broad SMARTS) is 1. The molecule has 194 valence electrons. The third-order valence-electron chi connectivity index (χ3n) is 5.83. The number of hydrogen-bond donors (Lipinski definition) is 2. The van der Waals surface area contributed by atoms with Crippen molar-refractivity contribution in [1.82, 2.24) is 24.0 Å². The molecule has 2 atom stereocenters. The van der Waals surface area contributed by atoms with Gasteiger partial charge in [0.2, 0.25) is 17.2 Å². The van der Waals surface area contributed by atoms with Gasteiger partial charge in [-0.1, -0.05) is 11.2 Å². The summed E-state index contributed by atoms with van der Waals surface area (Å²) in [5, 5.41) is 27.4. The Kier molecular flexibility index (Phi) is 6.70. The number of carbonyl (C=O) groups is 3. The lowest BCUT2D eigenvalue weighted by molar-refractivity contribution is -0.662. The minimum Gasteiger partial charge on any atom is -0.543 e. The highest BCUT2D eigenvalue weighted by atomic mass is 32.2. The number of fused-ring (bicyclic) bond motifs is 2. The Labute approximate surface area is 223 Å². The summed E-state index contributed by atoms with van der Waals surface area (Å²) < 4.78 is 7.40. The van der Waals surface area contributed by atoms with Gasteiger partial charge in [-0.25, -0.2) is 4.57 Å². The third kappa shape index (κ3) is 4.31. The van der Waals surface area contributed by atoms with Gasteiger partial charge in [0.1, 0.15) is 36.8 Å². The normalized spacial score (nSPS) is 19.1. The summed E-state index contributed by atoms with van der Waals surface area (Å²) in [5.41, 5.74) is 6.61. The van der Waals surface area contributed by atoms with Gasteiger partial charge in [-0.2, -0.15) is 19.0 Å². The van der Waals surface area contributed by atoms with E-state index in [4.69, 9.17) is 10.6 Å². The predicted octanol–water partition coefficient (Wildman–Crippen LogP) is -1.62. The van der Waals surface area contributed by atoms with Crippen LogP contribution in [0.5, 0.6) is 0 Å². The first-order chi connectivity index (χ1) is 18.3. The number of hydrogen-bond acceptors (Lipinski definition) is 12. The van der Waals surface area contributed by atoms with Crippen molar-refractivity contribution in [3.8, 4) is 6.07 Å². The van der Waals surface area contributed by atoms with Crippen LogP contribution in [-0.4, -0.2) is 65.9 Å². The molecule has 0 aliphatic carbocycles. The van der Waals surface area contributed by atoms with Crippen LogP contribution >= 0.6 is 23.3 Å². The van der Waals surface area contributed by atoms with Gasteiger partial charge >= 0.3 is 0 Å². The smallest absolute Gasteiger partial charge is 0.287 e. The van der Waals surface area contributed by atoms with E-state index in [1.165, 1.54) is 11.8 Å². The molecule has 0 bridgehead atoms. The van der Waals surface area contributed by atoms with Gasteiger partial charge in [0, 0.05) is 28.9 Å². The molecule has 1 saturated heterocycles. The fourth-order valence-corrected chi connectivity index (χ4v) is 5.98. The number of nitrogen functional groups attached to an aromatic ring is 1. The monoisotopic (exact) mass is 553 g/mol. The summed E-state index contributed by atoms with van der Waals surface area (Å²) in [5.74, 6) is -2.68. The molecular formula is C22H19N9O5S2. The standard InChI is InChI=1S/C22H19N9O5S2/c1-2-36-27-14(17-26-22(24)38-28-17)18(32)25-15-19(33)31-16(21(34)35)11(10-37-20(15)31)8-29-9-12(7-23)30-6-4-3-5-13(29)30/h3-6,9,15,20H,2,8,10H2,1H3,(H3-,24,25,26,28,32,34,35)/b27-14-/t15-,20-/m1/s1. The van der Waals surface area contributed by atoms with E-state index in [2.05, 4.69) is 25.9 Å². The molecular weight excluding hydrogens is 534 g/mol. The quantitative estimate of drug-likeness (QED) is 0.142. The molecule has 0 radical (unpaired) electrons. The molecule has 38 heavy (non-hydrogen) atoms. The van der Waals surface area contributed by atoms with Gasteiger partial charge in [0.05, 0.1) is 17.9 Å². The Balaban J connectivity index is 1.39. The number of nitriles is 1. The summed E-state index contributed by atoms with van der Waals surface area (Å²) in [6.07, 6.45) is 3.35. The number of imidazole rings is 1. The van der Waals surface area contributed by atoms with E-state index in [-0.39, 0.29) is 41.3 Å². The summed E-state index contributed by atoms with van der Waals surface area (Å²) in [4.78, 5) is 48.3. The zero-order chi connectivity index (χ0) is 27.0. The largest absolute Gasteiger partial charge is 0.543 e. The zero-order valence-corrected chi connectivity index (χ0v) is 21.4. The van der Waals surface area contributed by atoms with Crippen LogP contribution in [0.4, 0.5) is 5.13 Å². The molecule has 5 heterocycles. The van der Waals surface area contributed by atoms with E-state index in [9.17, 15) is 24.8 Å². The van der Waals surface area contributed by atoms with E-state index in [1.54, 1.807) is 46.5 Å². The van der Waals surface area contributed by atoms with Crippen molar-refractivity contribution in [2.75, 3.05) is 18.1 Å². The minimum atomic E-state index is -1.51. The van der Waals surface area contributed by atoms with E-state index in [0.717, 1.165) is 16.4 Å². The summed E-state index contributed by atoms with van der Waals surface area (Å²) >= 11 is 2.17. The van der Waals surface area contributed by atoms with Crippen LogP contribution in [0.15, 0.2) is 47.0 Å². The SMILES string of the molecule is CCO/N=C(\C(=O)N[C@@H]1C(=O)N2C(C(=O)[O-])=C(C[n+]3cc(C#N)n4ccccc43)CS[C@H]12)c1nsc(N)n1. The molecule has 0 aromatic carbocycles. The molecule has 0 unspecified atom stereocenters. The van der Waals surface area contributed by atoms with Gasteiger partial charge in [-0.3, -0.25) is 14.5 Å². The molecule has 3 aromatic heterocycles. The number of oxime groups is 1. The van der Waals surface area contributed by atoms with E-state index < -0.39 is 29.2 Å². The van der Waals surface area contributed by atoms with Crippen molar-refractivity contribution in [2.45, 2.75) is 24.9 Å². The highest BCUT2D eigenvalue weighted by molar-refractivity contribution is 8.00. The molecule has 3 aromatic rings. The zero-order valence-electron chi connectivity index (χ0n) is 19.7. The highest BCUT2D eigenvalue weighted by Gasteiger charge is 2.53. The van der Waals surface area contributed by atoms with Crippen molar-refractivity contribution in [1.29, 1.82) is 5.26 Å². The molecule has 3 N–H and O–H groups in total. The lowest BCUT2D eigenvalue weighted by Crippen LogP contribution is -2.71. The van der Waals surface area contributed by atoms with E-state index in [1.807, 2.05) is 0 Å². The summed E-state index contributed by atoms with van der Waals surface area (Å²) in [6, 6.07) is 6.47. The second-order valence-electron chi connectivity index (χ2n) is 8.10. The fraction of sp³-hybridized carbons (Fsp3) is 0.273. The number of anilines is 1. The fourth-order valence-electron chi connectivity index (χ4n) is 4.21. The first-order valence-electron chi connectivity index (χ1n) is 11.2. The van der Waals surface area contributed by atoms with Crippen molar-refractivity contribution >= 4 is 57.6 Å². The highest BCUT2D eigenvalue weighted by Crippen LogP contribution is 2.40. The van der Waals surface area contributed by atoms with E-state index >= 15 is 0 Å². The number of nitrogens with zero attached hydrogens (tertiary/aromatic N) is 7. The first kappa shape index (κ1) is 25.2. The number of pyridine rings is 1. The number of thioether (sulfide) groups is 1. The van der Waals surface area contributed by atoms with Crippen LogP contribution in [0, 0.1) is 11.3 Å². The van der Waals surface area contributed by atoms with Gasteiger partial charge in [0.25, 0.3) is 17.5 Å². The first-order valence-corrected chi connectivity index (χ1v) is 13.0. The second-order valence-corrected chi connectivity index (χ2v) is 9.99. The number of rotatable bonds is 8. The number of aliphatic carboxylic acids is 1. The number of β-lactam (4-membered cyclic amide) rings is 1. The van der Waals surface area contributed by atoms with Crippen molar-refractivity contribution in [3.05, 3.63) is 53.4 Å². The molecule has 16 heteroatoms. The van der Waals surface area contributed by atoms with Gasteiger partial charge in [-0.05, 0) is 13.0 Å². The number of carboxylic acids is 1. The maximum absolute atomic E-state index is 13.1. The number of aromatic nitrogens is 4. The molecule has 1 fully saturated rings. The topological polar surface area (TPSA) is 195 Å². The van der Waals surface area contributed by atoms with E-state index in [0.29, 0.717) is 16.9 Å². The number of nitrogens with one attached hydrogen (secondary N) is 1. The molecule has 0 saturated carbocycles. The maximum Gasteiger partial charge on any atom is 0.287 e. The number of nitrogens with two attached hydrogens (primary N) is 1. The summed E-state index contributed by atoms with van der Waals surface area (Å²) in [7, 11) is 0. The molecule has 14 nitrogen and oxygen atoms in total. The van der Waals surface area contributed by atoms with Gasteiger partial charge < -0.3 is 25.8 Å². The minimum absolute atomic E-state index is 0.0514. The van der Waals surface area contributed by atoms with Crippen LogP contribution in [0.3, 0.4) is 0 Å². The maximum atomic E-state index is 13.1. The van der Waals surface area contributed by atoms with Crippen molar-refractivity contribution in [2.24, 2.45) is 5.16 Å². The predicted molar refractivity (Wildman–Crippen MR) is 132 cm³/mol. The van der Waals surface area contributed by atoms with Gasteiger partial charge in [0.15, 0.2) is 5.13 Å². The molecule has 2 amide bonds. The third-order valence-corrected chi connectivity index (χ3v) is 7.71. The Hall–Kier alpha value is -4.49. The van der Waals surface area contributed by atoms with Crippen LogP contribution < -0.4 is 20.7 Å². The Bertz CT molecular complexity index is 1570. The van der Waals surface area contributed by atoms with Crippen molar-refractivity contribution < 1.29 is 28.9 Å². The summed E-state index contributed by atoms with van der Waals surface area (Å²) in [6.45, 7) is 1.98. The van der Waals surface area contributed by atoms with Crippen LogP contribution in [0.1, 0.15) is 18.4 Å². The number of amides is 2. The van der Waals surface area contributed by atoms with Crippen LogP contribution in [0.25, 0.3) is 5.65 Å². The molecule has 5 rings (SSSR count). The Morgan fingerprint density at radius 3 is 2.95 bits per heavy atom. The van der Waals surface area contributed by atoms with Crippen molar-refractivity contribution in [3.63, 3.8) is 0 Å². The number of carbonyl (C=O) groups excluding carboxylic acids is 3. The van der Waals surface area contributed by atoms with Crippen LogP contribution in [0.2, 0.25) is 0 Å². The Morgan fingerprint density at radius 1 is 1.45 bits per heavy atom. The molecule has 0 spiro atoms.